The Hall–Kier alpha value is -3.78. The summed E-state index contributed by atoms with van der Waals surface area (Å²) in [7, 11) is 4.64. The first kappa shape index (κ1) is 20.5. The average Bonchev–Trinajstić information content (AvgIpc) is 3.43. The van der Waals surface area contributed by atoms with Gasteiger partial charge in [-0.3, -0.25) is 10.1 Å². The number of hydrogen-bond donors (Lipinski definition) is 2. The van der Waals surface area contributed by atoms with Gasteiger partial charge in [-0.15, -0.1) is 11.3 Å². The van der Waals surface area contributed by atoms with Crippen LogP contribution >= 0.6 is 11.3 Å². The zero-order chi connectivity index (χ0) is 21.8. The molecule has 0 bridgehead atoms. The third-order valence-corrected chi connectivity index (χ3v) is 5.47. The van der Waals surface area contributed by atoms with E-state index in [1.807, 2.05) is 35.8 Å². The second-order valence-electron chi connectivity index (χ2n) is 6.57. The summed E-state index contributed by atoms with van der Waals surface area (Å²) in [6.45, 7) is 0. The van der Waals surface area contributed by atoms with Gasteiger partial charge in [0.05, 0.1) is 27.0 Å². The molecule has 0 radical (unpaired) electrons. The van der Waals surface area contributed by atoms with E-state index in [4.69, 9.17) is 14.2 Å². The predicted octanol–water partition coefficient (Wildman–Crippen LogP) is 4.97. The number of carbonyl (C=O) groups is 1. The molecule has 0 aliphatic rings. The Kier molecular flexibility index (Phi) is 5.90. The Bertz CT molecular complexity index is 1230. The highest BCUT2D eigenvalue weighted by Gasteiger charge is 2.13. The van der Waals surface area contributed by atoms with Crippen molar-refractivity contribution in [2.24, 2.45) is 0 Å². The van der Waals surface area contributed by atoms with Crippen molar-refractivity contribution >= 4 is 39.4 Å². The summed E-state index contributed by atoms with van der Waals surface area (Å²) < 4.78 is 16.0. The number of ether oxygens (including phenoxy) is 3. The fraction of sp³-hybridized carbons (Fsp3) is 0.130. The highest BCUT2D eigenvalue weighted by atomic mass is 32.1. The molecule has 0 spiro atoms. The lowest BCUT2D eigenvalue weighted by Crippen LogP contribution is -2.07. The number of methoxy groups -OCH3 is 3. The molecular weight excluding hydrogens is 414 g/mol. The summed E-state index contributed by atoms with van der Waals surface area (Å²) in [5.41, 5.74) is 3.60. The number of nitrogens with one attached hydrogen (secondary N) is 2. The van der Waals surface area contributed by atoms with Crippen LogP contribution in [0.25, 0.3) is 28.2 Å². The fourth-order valence-corrected chi connectivity index (χ4v) is 3.97. The maximum Gasteiger partial charge on any atom is 0.250 e. The van der Waals surface area contributed by atoms with Gasteiger partial charge in [-0.05, 0) is 29.8 Å². The van der Waals surface area contributed by atoms with Crippen molar-refractivity contribution in [3.63, 3.8) is 0 Å². The number of amides is 1. The van der Waals surface area contributed by atoms with E-state index in [2.05, 4.69) is 15.3 Å². The molecule has 2 heterocycles. The van der Waals surface area contributed by atoms with Crippen molar-refractivity contribution in [2.75, 3.05) is 26.6 Å². The lowest BCUT2D eigenvalue weighted by molar-refractivity contribution is -0.111. The van der Waals surface area contributed by atoms with Crippen molar-refractivity contribution < 1.29 is 19.0 Å². The fourth-order valence-electron chi connectivity index (χ4n) is 3.25. The van der Waals surface area contributed by atoms with E-state index in [1.165, 1.54) is 17.4 Å². The molecule has 31 heavy (non-hydrogen) atoms. The molecule has 4 rings (SSSR count). The van der Waals surface area contributed by atoms with Gasteiger partial charge in [0, 0.05) is 34.1 Å². The van der Waals surface area contributed by atoms with Gasteiger partial charge in [-0.1, -0.05) is 18.2 Å². The van der Waals surface area contributed by atoms with Crippen LogP contribution in [-0.4, -0.2) is 37.2 Å². The van der Waals surface area contributed by atoms with E-state index in [9.17, 15) is 4.79 Å². The number of aromatic nitrogens is 2. The Balaban J connectivity index is 1.49. The standard InChI is InChI=1S/C23H21N3O4S/c1-28-19-10-14(11-20(29-2)22(19)30-3)8-9-21(27)26-23-25-18(13-31-23)16-12-24-17-7-5-4-6-15(16)17/h4-13,24H,1-3H3,(H,25,26,27)/b9-8+. The largest absolute Gasteiger partial charge is 0.493 e. The molecule has 158 valence electrons. The second kappa shape index (κ2) is 8.93. The topological polar surface area (TPSA) is 85.5 Å². The van der Waals surface area contributed by atoms with Crippen molar-refractivity contribution in [2.45, 2.75) is 0 Å². The molecule has 0 saturated carbocycles. The third-order valence-electron chi connectivity index (χ3n) is 4.71. The maximum atomic E-state index is 12.4. The highest BCUT2D eigenvalue weighted by Crippen LogP contribution is 2.38. The van der Waals surface area contributed by atoms with Gasteiger partial charge in [-0.2, -0.15) is 0 Å². The number of aromatic amines is 1. The van der Waals surface area contributed by atoms with Crippen LogP contribution in [-0.2, 0) is 4.79 Å². The first-order chi connectivity index (χ1) is 15.1. The van der Waals surface area contributed by atoms with Crippen molar-refractivity contribution in [1.82, 2.24) is 9.97 Å². The van der Waals surface area contributed by atoms with Crippen LogP contribution in [0.15, 0.2) is 54.1 Å². The molecule has 1 amide bonds. The SMILES string of the molecule is COc1cc(/C=C/C(=O)Nc2nc(-c3c[nH]c4ccccc34)cs2)cc(OC)c1OC. The van der Waals surface area contributed by atoms with Crippen molar-refractivity contribution in [3.05, 3.63) is 59.6 Å². The van der Waals surface area contributed by atoms with Gasteiger partial charge in [0.25, 0.3) is 0 Å². The van der Waals surface area contributed by atoms with Crippen LogP contribution in [0.2, 0.25) is 0 Å². The minimum absolute atomic E-state index is 0.284. The van der Waals surface area contributed by atoms with E-state index in [1.54, 1.807) is 39.5 Å². The summed E-state index contributed by atoms with van der Waals surface area (Å²) in [5, 5.41) is 6.35. The van der Waals surface area contributed by atoms with Gasteiger partial charge in [0.2, 0.25) is 11.7 Å². The monoisotopic (exact) mass is 435 g/mol. The van der Waals surface area contributed by atoms with Crippen LogP contribution in [0, 0.1) is 0 Å². The van der Waals surface area contributed by atoms with Gasteiger partial charge < -0.3 is 19.2 Å². The Morgan fingerprint density at radius 1 is 1.10 bits per heavy atom. The Morgan fingerprint density at radius 2 is 1.84 bits per heavy atom. The molecule has 2 aromatic heterocycles. The van der Waals surface area contributed by atoms with Crippen LogP contribution in [0.4, 0.5) is 5.13 Å². The smallest absolute Gasteiger partial charge is 0.250 e. The average molecular weight is 436 g/mol. The summed E-state index contributed by atoms with van der Waals surface area (Å²) >= 11 is 1.38. The van der Waals surface area contributed by atoms with Crippen LogP contribution in [0.1, 0.15) is 5.56 Å². The summed E-state index contributed by atoms with van der Waals surface area (Å²) in [4.78, 5) is 20.2. The Morgan fingerprint density at radius 3 is 2.55 bits per heavy atom. The van der Waals surface area contributed by atoms with Crippen LogP contribution < -0.4 is 19.5 Å². The summed E-state index contributed by atoms with van der Waals surface area (Å²) in [5.74, 6) is 1.25. The number of nitrogens with zero attached hydrogens (tertiary/aromatic N) is 1. The van der Waals surface area contributed by atoms with Gasteiger partial charge in [0.1, 0.15) is 0 Å². The van der Waals surface area contributed by atoms with E-state index in [0.717, 1.165) is 27.7 Å². The normalized spacial score (nSPS) is 11.1. The number of thiazole rings is 1. The zero-order valence-corrected chi connectivity index (χ0v) is 18.1. The first-order valence-electron chi connectivity index (χ1n) is 9.44. The van der Waals surface area contributed by atoms with E-state index < -0.39 is 0 Å². The Labute approximate surface area is 183 Å². The molecule has 0 aliphatic carbocycles. The van der Waals surface area contributed by atoms with E-state index in [0.29, 0.717) is 22.4 Å². The third kappa shape index (κ3) is 4.24. The molecule has 0 unspecified atom stereocenters. The van der Waals surface area contributed by atoms with E-state index in [-0.39, 0.29) is 5.91 Å². The zero-order valence-electron chi connectivity index (χ0n) is 17.3. The van der Waals surface area contributed by atoms with Gasteiger partial charge in [-0.25, -0.2) is 4.98 Å². The quantitative estimate of drug-likeness (QED) is 0.400. The van der Waals surface area contributed by atoms with Gasteiger partial charge >= 0.3 is 0 Å². The van der Waals surface area contributed by atoms with Gasteiger partial charge in [0.15, 0.2) is 16.6 Å². The molecule has 0 atom stereocenters. The number of para-hydroxylation sites is 1. The minimum atomic E-state index is -0.284. The molecule has 0 fully saturated rings. The molecule has 2 aromatic carbocycles. The number of carbonyl (C=O) groups excluding carboxylic acids is 1. The molecule has 7 nitrogen and oxygen atoms in total. The lowest BCUT2D eigenvalue weighted by atomic mass is 10.1. The molecule has 2 N–H and O–H groups in total. The van der Waals surface area contributed by atoms with Crippen LogP contribution in [0.5, 0.6) is 17.2 Å². The molecule has 8 heteroatoms. The number of hydrogen-bond acceptors (Lipinski definition) is 6. The number of anilines is 1. The summed E-state index contributed by atoms with van der Waals surface area (Å²) in [6, 6.07) is 11.6. The molecule has 0 aliphatic heterocycles. The van der Waals surface area contributed by atoms with Crippen molar-refractivity contribution in [1.29, 1.82) is 0 Å². The molecule has 4 aromatic rings. The molecular formula is C23H21N3O4S. The van der Waals surface area contributed by atoms with Crippen LogP contribution in [0.3, 0.4) is 0 Å². The minimum Gasteiger partial charge on any atom is -0.493 e. The number of rotatable bonds is 7. The first-order valence-corrected chi connectivity index (χ1v) is 10.3. The lowest BCUT2D eigenvalue weighted by Gasteiger charge is -2.12. The summed E-state index contributed by atoms with van der Waals surface area (Å²) in [6.07, 6.45) is 5.04. The second-order valence-corrected chi connectivity index (χ2v) is 7.43. The predicted molar refractivity (Wildman–Crippen MR) is 123 cm³/mol. The maximum absolute atomic E-state index is 12.4. The number of benzene rings is 2. The van der Waals surface area contributed by atoms with Crippen molar-refractivity contribution in [3.8, 4) is 28.5 Å². The number of H-pyrrole nitrogens is 1. The molecule has 0 saturated heterocycles. The number of fused-ring (bicyclic) bond motifs is 1. The van der Waals surface area contributed by atoms with E-state index >= 15 is 0 Å². The highest BCUT2D eigenvalue weighted by molar-refractivity contribution is 7.14.